The summed E-state index contributed by atoms with van der Waals surface area (Å²) in [7, 11) is 0. The molecule has 2 rings (SSSR count). The molecule has 3 N–H and O–H groups in total. The molecule has 1 aliphatic carbocycles. The van der Waals surface area contributed by atoms with Gasteiger partial charge in [-0.1, -0.05) is 12.8 Å². The van der Waals surface area contributed by atoms with Gasteiger partial charge in [0.2, 0.25) is 5.91 Å². The molecule has 0 aromatic carbocycles. The Morgan fingerprint density at radius 1 is 1.23 bits per heavy atom. The maximum absolute atomic E-state index is 12.4. The van der Waals surface area contributed by atoms with E-state index >= 15 is 0 Å². The number of carbonyl (C=O) groups excluding carboxylic acids is 1. The molecule has 0 aromatic rings. The zero-order valence-electron chi connectivity index (χ0n) is 13.7. The molecule has 0 aromatic heterocycles. The van der Waals surface area contributed by atoms with Gasteiger partial charge in [0.1, 0.15) is 0 Å². The highest BCUT2D eigenvalue weighted by molar-refractivity contribution is 5.86. The summed E-state index contributed by atoms with van der Waals surface area (Å²) in [5.41, 5.74) is 5.71. The topological polar surface area (TPSA) is 73.6 Å². The monoisotopic (exact) mass is 334 g/mol. The van der Waals surface area contributed by atoms with Crippen LogP contribution in [0, 0.1) is 5.41 Å². The highest BCUT2D eigenvalue weighted by Gasteiger charge is 2.39. The van der Waals surface area contributed by atoms with Gasteiger partial charge in [-0.3, -0.25) is 4.79 Å². The minimum absolute atomic E-state index is 0. The molecule has 2 aliphatic rings. The largest absolute Gasteiger partial charge is 0.382 e. The second-order valence-electron chi connectivity index (χ2n) is 6.61. The quantitative estimate of drug-likeness (QED) is 0.699. The Morgan fingerprint density at radius 2 is 1.86 bits per heavy atom. The number of amides is 1. The van der Waals surface area contributed by atoms with Gasteiger partial charge in [-0.2, -0.15) is 0 Å². The fraction of sp³-hybridized carbons (Fsp3) is 0.938. The molecule has 6 heteroatoms. The highest BCUT2D eigenvalue weighted by atomic mass is 35.5. The molecule has 0 unspecified atom stereocenters. The number of hydrogen-bond acceptors (Lipinski definition) is 4. The maximum Gasteiger partial charge on any atom is 0.240 e. The van der Waals surface area contributed by atoms with Crippen molar-refractivity contribution < 1.29 is 14.3 Å². The lowest BCUT2D eigenvalue weighted by molar-refractivity contribution is -0.130. The van der Waals surface area contributed by atoms with E-state index in [0.717, 1.165) is 26.2 Å². The zero-order chi connectivity index (χ0) is 15.2. The molecule has 1 saturated heterocycles. The van der Waals surface area contributed by atoms with Crippen molar-refractivity contribution in [1.29, 1.82) is 0 Å². The fourth-order valence-corrected chi connectivity index (χ4v) is 3.48. The summed E-state index contributed by atoms with van der Waals surface area (Å²) in [6.45, 7) is 5.46. The van der Waals surface area contributed by atoms with Crippen LogP contribution in [0.25, 0.3) is 0 Å². The fourth-order valence-electron chi connectivity index (χ4n) is 3.48. The minimum Gasteiger partial charge on any atom is -0.382 e. The van der Waals surface area contributed by atoms with Crippen molar-refractivity contribution in [3.8, 4) is 0 Å². The first-order valence-corrected chi connectivity index (χ1v) is 8.33. The van der Waals surface area contributed by atoms with Crippen LogP contribution in [0.5, 0.6) is 0 Å². The van der Waals surface area contributed by atoms with Gasteiger partial charge < -0.3 is 20.5 Å². The van der Waals surface area contributed by atoms with Gasteiger partial charge in [0.15, 0.2) is 0 Å². The lowest BCUT2D eigenvalue weighted by Gasteiger charge is -2.35. The van der Waals surface area contributed by atoms with Gasteiger partial charge in [0.05, 0.1) is 5.54 Å². The van der Waals surface area contributed by atoms with Gasteiger partial charge in [-0.25, -0.2) is 0 Å². The Balaban J connectivity index is 0.00000242. The number of nitrogens with one attached hydrogen (secondary N) is 1. The molecule has 1 aliphatic heterocycles. The van der Waals surface area contributed by atoms with Crippen LogP contribution in [0.2, 0.25) is 0 Å². The van der Waals surface area contributed by atoms with Crippen LogP contribution in [-0.4, -0.2) is 44.4 Å². The van der Waals surface area contributed by atoms with Gasteiger partial charge in [0, 0.05) is 33.0 Å². The van der Waals surface area contributed by atoms with E-state index in [1.54, 1.807) is 0 Å². The van der Waals surface area contributed by atoms with Crippen molar-refractivity contribution in [1.82, 2.24) is 5.32 Å². The lowest BCUT2D eigenvalue weighted by atomic mass is 9.82. The van der Waals surface area contributed by atoms with E-state index < -0.39 is 5.54 Å². The van der Waals surface area contributed by atoms with E-state index in [4.69, 9.17) is 15.2 Å². The summed E-state index contributed by atoms with van der Waals surface area (Å²) in [6, 6.07) is 0. The summed E-state index contributed by atoms with van der Waals surface area (Å²) < 4.78 is 10.8. The highest BCUT2D eigenvalue weighted by Crippen LogP contribution is 2.40. The van der Waals surface area contributed by atoms with Gasteiger partial charge >= 0.3 is 0 Å². The molecule has 22 heavy (non-hydrogen) atoms. The number of hydrogen-bond donors (Lipinski definition) is 2. The first-order chi connectivity index (χ1) is 10.1. The van der Waals surface area contributed by atoms with Crippen LogP contribution in [0.1, 0.15) is 51.9 Å². The van der Waals surface area contributed by atoms with Gasteiger partial charge in [-0.15, -0.1) is 12.4 Å². The van der Waals surface area contributed by atoms with Crippen molar-refractivity contribution in [3.05, 3.63) is 0 Å². The normalized spacial score (nSPS) is 22.8. The molecule has 130 valence electrons. The average Bonchev–Trinajstić information content (AvgIpc) is 2.95. The van der Waals surface area contributed by atoms with Crippen molar-refractivity contribution in [2.24, 2.45) is 11.1 Å². The first-order valence-electron chi connectivity index (χ1n) is 8.33. The third-order valence-corrected chi connectivity index (χ3v) is 5.11. The molecule has 0 radical (unpaired) electrons. The van der Waals surface area contributed by atoms with E-state index in [-0.39, 0.29) is 23.7 Å². The van der Waals surface area contributed by atoms with Gasteiger partial charge in [0.25, 0.3) is 0 Å². The SMILES string of the molecule is CCOCCC1(CNC(=O)C2(N)CCOCC2)CCCC1.Cl. The van der Waals surface area contributed by atoms with E-state index in [9.17, 15) is 4.79 Å². The van der Waals surface area contributed by atoms with Crippen LogP contribution in [0.4, 0.5) is 0 Å². The third kappa shape index (κ3) is 5.08. The second-order valence-corrected chi connectivity index (χ2v) is 6.61. The Labute approximate surface area is 140 Å². The van der Waals surface area contributed by atoms with Crippen LogP contribution in [-0.2, 0) is 14.3 Å². The molecule has 0 spiro atoms. The zero-order valence-corrected chi connectivity index (χ0v) is 14.5. The van der Waals surface area contributed by atoms with Crippen LogP contribution in [0.3, 0.4) is 0 Å². The second kappa shape index (κ2) is 9.06. The molecule has 0 bridgehead atoms. The van der Waals surface area contributed by atoms with E-state index in [1.165, 1.54) is 25.7 Å². The Morgan fingerprint density at radius 3 is 2.45 bits per heavy atom. The van der Waals surface area contributed by atoms with Crippen molar-refractivity contribution in [3.63, 3.8) is 0 Å². The van der Waals surface area contributed by atoms with E-state index in [0.29, 0.717) is 26.1 Å². The Hall–Kier alpha value is -0.360. The molecule has 1 saturated carbocycles. The standard InChI is InChI=1S/C16H30N2O3.ClH/c1-2-20-10-7-15(5-3-4-6-15)13-18-14(19)16(17)8-11-21-12-9-16;/h2-13,17H2,1H3,(H,18,19);1H. The Bertz CT molecular complexity index is 340. The van der Waals surface area contributed by atoms with Crippen molar-refractivity contribution in [2.75, 3.05) is 33.0 Å². The Kier molecular flexibility index (Phi) is 8.11. The summed E-state index contributed by atoms with van der Waals surface area (Å²) in [6.07, 6.45) is 7.13. The number of nitrogens with two attached hydrogens (primary N) is 1. The third-order valence-electron chi connectivity index (χ3n) is 5.11. The summed E-state index contributed by atoms with van der Waals surface area (Å²) in [5.74, 6) is -0.00603. The average molecular weight is 335 g/mol. The molecular formula is C16H31ClN2O3. The predicted molar refractivity (Wildman–Crippen MR) is 89.2 cm³/mol. The predicted octanol–water partition coefficient (Wildman–Crippen LogP) is 2.02. The first kappa shape index (κ1) is 19.7. The van der Waals surface area contributed by atoms with Crippen LogP contribution in [0.15, 0.2) is 0 Å². The molecule has 5 nitrogen and oxygen atoms in total. The van der Waals surface area contributed by atoms with E-state index in [1.807, 2.05) is 6.92 Å². The summed E-state index contributed by atoms with van der Waals surface area (Å²) in [4.78, 5) is 12.4. The molecule has 1 heterocycles. The van der Waals surface area contributed by atoms with Crippen molar-refractivity contribution in [2.45, 2.75) is 57.4 Å². The van der Waals surface area contributed by atoms with E-state index in [2.05, 4.69) is 5.32 Å². The summed E-state index contributed by atoms with van der Waals surface area (Å²) >= 11 is 0. The number of halogens is 1. The molecule has 1 amide bonds. The summed E-state index contributed by atoms with van der Waals surface area (Å²) in [5, 5.41) is 3.13. The van der Waals surface area contributed by atoms with Gasteiger partial charge in [-0.05, 0) is 44.4 Å². The number of carbonyl (C=O) groups is 1. The van der Waals surface area contributed by atoms with Crippen LogP contribution >= 0.6 is 12.4 Å². The minimum atomic E-state index is -0.738. The molecule has 2 fully saturated rings. The molecule has 0 atom stereocenters. The van der Waals surface area contributed by atoms with Crippen LogP contribution < -0.4 is 11.1 Å². The lowest BCUT2D eigenvalue weighted by Crippen LogP contribution is -2.58. The number of ether oxygens (including phenoxy) is 2. The maximum atomic E-state index is 12.4. The van der Waals surface area contributed by atoms with Crippen molar-refractivity contribution >= 4 is 18.3 Å². The number of rotatable bonds is 7. The smallest absolute Gasteiger partial charge is 0.240 e. The molecular weight excluding hydrogens is 304 g/mol.